The zero-order valence-corrected chi connectivity index (χ0v) is 18.3. The molecule has 6 nitrogen and oxygen atoms in total. The summed E-state index contributed by atoms with van der Waals surface area (Å²) in [6, 6.07) is 4.62. The van der Waals surface area contributed by atoms with E-state index in [1.807, 2.05) is 34.0 Å². The molecule has 1 N–H and O–H groups in total. The molecule has 1 aromatic rings. The van der Waals surface area contributed by atoms with Gasteiger partial charge < -0.3 is 9.64 Å². The fourth-order valence-electron chi connectivity index (χ4n) is 3.25. The van der Waals surface area contributed by atoms with Gasteiger partial charge in [-0.1, -0.05) is 27.7 Å². The number of hydrogen-bond donors (Lipinski definition) is 1. The minimum Gasteiger partial charge on any atom is -0.378 e. The van der Waals surface area contributed by atoms with Crippen LogP contribution in [0.5, 0.6) is 0 Å². The molecule has 0 saturated carbocycles. The molecule has 0 aromatic heterocycles. The molecule has 0 unspecified atom stereocenters. The smallest absolute Gasteiger partial charge is 0.255 e. The van der Waals surface area contributed by atoms with E-state index >= 15 is 0 Å². The minimum absolute atomic E-state index is 0.128. The maximum Gasteiger partial charge on any atom is 0.255 e. The molecule has 8 heteroatoms. The topological polar surface area (TPSA) is 75.7 Å². The molecule has 1 aliphatic heterocycles. The summed E-state index contributed by atoms with van der Waals surface area (Å²) >= 11 is 1.44. The first-order valence-electron chi connectivity index (χ1n) is 9.24. The minimum atomic E-state index is -3.72. The third-order valence-corrected chi connectivity index (χ3v) is 6.99. The molecule has 1 amide bonds. The highest BCUT2D eigenvalue weighted by Crippen LogP contribution is 2.26. The van der Waals surface area contributed by atoms with E-state index in [2.05, 4.69) is 4.72 Å². The van der Waals surface area contributed by atoms with E-state index in [9.17, 15) is 13.2 Å². The third-order valence-electron chi connectivity index (χ3n) is 4.74. The predicted molar refractivity (Wildman–Crippen MR) is 109 cm³/mol. The second-order valence-electron chi connectivity index (χ2n) is 7.40. The highest BCUT2D eigenvalue weighted by atomic mass is 32.2. The van der Waals surface area contributed by atoms with Crippen molar-refractivity contribution in [2.45, 2.75) is 43.5 Å². The van der Waals surface area contributed by atoms with Crippen molar-refractivity contribution in [2.24, 2.45) is 11.8 Å². The van der Waals surface area contributed by atoms with E-state index in [1.54, 1.807) is 17.0 Å². The van der Waals surface area contributed by atoms with Crippen molar-refractivity contribution in [2.75, 3.05) is 32.6 Å². The second kappa shape index (κ2) is 9.41. The van der Waals surface area contributed by atoms with Crippen LogP contribution >= 0.6 is 11.8 Å². The molecule has 0 radical (unpaired) electrons. The molecule has 1 aliphatic rings. The van der Waals surface area contributed by atoms with Gasteiger partial charge in [-0.2, -0.15) is 0 Å². The Hall–Kier alpha value is -1.09. The van der Waals surface area contributed by atoms with Crippen LogP contribution in [0.4, 0.5) is 0 Å². The number of nitrogens with zero attached hydrogens (tertiary/aromatic N) is 1. The molecule has 0 bridgehead atoms. The zero-order chi connectivity index (χ0) is 20.2. The van der Waals surface area contributed by atoms with Gasteiger partial charge in [0.25, 0.3) is 5.91 Å². The summed E-state index contributed by atoms with van der Waals surface area (Å²) in [5, 5.41) is 0. The lowest BCUT2D eigenvalue weighted by atomic mass is 9.94. The van der Waals surface area contributed by atoms with Crippen LogP contribution in [-0.4, -0.2) is 57.8 Å². The first-order valence-corrected chi connectivity index (χ1v) is 12.0. The molecule has 152 valence electrons. The van der Waals surface area contributed by atoms with Gasteiger partial charge in [0.1, 0.15) is 0 Å². The van der Waals surface area contributed by atoms with Crippen LogP contribution in [0.3, 0.4) is 0 Å². The molecule has 0 spiro atoms. The standard InChI is InChI=1S/C19H30N2O4S2/c1-13(2)18(14(3)4)20-27(23,24)15-6-7-17(26-5)16(12-15)19(22)21-8-10-25-11-9-21/h6-7,12-14,18,20H,8-11H2,1-5H3. The van der Waals surface area contributed by atoms with Gasteiger partial charge in [-0.15, -0.1) is 11.8 Å². The molecule has 0 atom stereocenters. The maximum atomic E-state index is 12.9. The Balaban J connectivity index is 2.36. The number of ether oxygens (including phenoxy) is 1. The number of carbonyl (C=O) groups is 1. The molecule has 0 aliphatic carbocycles. The van der Waals surface area contributed by atoms with Crippen molar-refractivity contribution in [3.05, 3.63) is 23.8 Å². The Bertz CT molecular complexity index is 749. The highest BCUT2D eigenvalue weighted by Gasteiger charge is 2.27. The fraction of sp³-hybridized carbons (Fsp3) is 0.632. The number of nitrogens with one attached hydrogen (secondary N) is 1. The Labute approximate surface area is 167 Å². The van der Waals surface area contributed by atoms with E-state index < -0.39 is 10.0 Å². The lowest BCUT2D eigenvalue weighted by Gasteiger charge is -2.28. The van der Waals surface area contributed by atoms with Gasteiger partial charge in [0.05, 0.1) is 23.7 Å². The van der Waals surface area contributed by atoms with Gasteiger partial charge in [-0.05, 0) is 36.3 Å². The van der Waals surface area contributed by atoms with Crippen molar-refractivity contribution in [1.82, 2.24) is 9.62 Å². The predicted octanol–water partition coefficient (Wildman–Crippen LogP) is 2.84. The molecule has 2 rings (SSSR count). The molecular weight excluding hydrogens is 384 g/mol. The number of rotatable bonds is 7. The molecule has 1 saturated heterocycles. The number of carbonyl (C=O) groups excluding carboxylic acids is 1. The summed E-state index contributed by atoms with van der Waals surface area (Å²) < 4.78 is 34.0. The number of hydrogen-bond acceptors (Lipinski definition) is 5. The lowest BCUT2D eigenvalue weighted by Crippen LogP contribution is -2.42. The molecule has 1 aromatic carbocycles. The summed E-state index contributed by atoms with van der Waals surface area (Å²) in [5.74, 6) is 0.184. The third kappa shape index (κ3) is 5.47. The summed E-state index contributed by atoms with van der Waals surface area (Å²) in [4.78, 5) is 15.6. The van der Waals surface area contributed by atoms with Gasteiger partial charge in [-0.25, -0.2) is 13.1 Å². The number of sulfonamides is 1. The fourth-order valence-corrected chi connectivity index (χ4v) is 5.38. The van der Waals surface area contributed by atoms with Crippen molar-refractivity contribution in [1.29, 1.82) is 0 Å². The Kier molecular flexibility index (Phi) is 7.73. The van der Waals surface area contributed by atoms with Crippen molar-refractivity contribution < 1.29 is 17.9 Å². The molecular formula is C19H30N2O4S2. The Morgan fingerprint density at radius 3 is 2.26 bits per heavy atom. The largest absolute Gasteiger partial charge is 0.378 e. The van der Waals surface area contributed by atoms with Crippen LogP contribution in [0.1, 0.15) is 38.1 Å². The van der Waals surface area contributed by atoms with Gasteiger partial charge in [0.15, 0.2) is 0 Å². The highest BCUT2D eigenvalue weighted by molar-refractivity contribution is 7.98. The molecule has 1 heterocycles. The molecule has 27 heavy (non-hydrogen) atoms. The van der Waals surface area contributed by atoms with Crippen LogP contribution in [-0.2, 0) is 14.8 Å². The van der Waals surface area contributed by atoms with Crippen LogP contribution in [0, 0.1) is 11.8 Å². The van der Waals surface area contributed by atoms with Crippen molar-refractivity contribution >= 4 is 27.7 Å². The summed E-state index contributed by atoms with van der Waals surface area (Å²) in [6.45, 7) is 10.0. The first-order chi connectivity index (χ1) is 12.7. The Morgan fingerprint density at radius 1 is 1.15 bits per heavy atom. The normalized spacial score (nSPS) is 15.8. The average molecular weight is 415 g/mol. The summed E-state index contributed by atoms with van der Waals surface area (Å²) in [7, 11) is -3.72. The maximum absolute atomic E-state index is 12.9. The quantitative estimate of drug-likeness (QED) is 0.695. The number of morpholine rings is 1. The lowest BCUT2D eigenvalue weighted by molar-refractivity contribution is 0.0300. The summed E-state index contributed by atoms with van der Waals surface area (Å²) in [5.41, 5.74) is 0.429. The number of thioether (sulfide) groups is 1. The number of amides is 1. The zero-order valence-electron chi connectivity index (χ0n) is 16.7. The van der Waals surface area contributed by atoms with Crippen LogP contribution in [0.2, 0.25) is 0 Å². The van der Waals surface area contributed by atoms with Gasteiger partial charge in [0.2, 0.25) is 10.0 Å². The van der Waals surface area contributed by atoms with Gasteiger partial charge in [-0.3, -0.25) is 4.79 Å². The van der Waals surface area contributed by atoms with E-state index in [4.69, 9.17) is 4.74 Å². The second-order valence-corrected chi connectivity index (χ2v) is 9.96. The van der Waals surface area contributed by atoms with Crippen molar-refractivity contribution in [3.63, 3.8) is 0 Å². The molecule has 1 fully saturated rings. The van der Waals surface area contributed by atoms with E-state index in [0.29, 0.717) is 31.9 Å². The Morgan fingerprint density at radius 2 is 1.74 bits per heavy atom. The number of benzene rings is 1. The first kappa shape index (κ1) is 22.2. The average Bonchev–Trinajstić information content (AvgIpc) is 2.65. The summed E-state index contributed by atoms with van der Waals surface area (Å²) in [6.07, 6.45) is 1.88. The van der Waals surface area contributed by atoms with E-state index in [0.717, 1.165) is 4.90 Å². The van der Waals surface area contributed by atoms with Crippen LogP contribution in [0.25, 0.3) is 0 Å². The van der Waals surface area contributed by atoms with Crippen molar-refractivity contribution in [3.8, 4) is 0 Å². The van der Waals surface area contributed by atoms with Gasteiger partial charge >= 0.3 is 0 Å². The van der Waals surface area contributed by atoms with E-state index in [1.165, 1.54) is 17.8 Å². The monoisotopic (exact) mass is 414 g/mol. The van der Waals surface area contributed by atoms with Gasteiger partial charge in [0, 0.05) is 24.0 Å². The van der Waals surface area contributed by atoms with Crippen LogP contribution in [0.15, 0.2) is 28.0 Å². The SMILES string of the molecule is CSc1ccc(S(=O)(=O)NC(C(C)C)C(C)C)cc1C(=O)N1CCOCC1. The van der Waals surface area contributed by atoms with E-state index in [-0.39, 0.29) is 28.7 Å². The van der Waals surface area contributed by atoms with Crippen LogP contribution < -0.4 is 4.72 Å².